The van der Waals surface area contributed by atoms with Crippen LogP contribution in [0.1, 0.15) is 21.5 Å². The molecule has 3 nitrogen and oxygen atoms in total. The highest BCUT2D eigenvalue weighted by atomic mass is 79.9. The molecule has 0 aliphatic heterocycles. The molecule has 1 N–H and O–H groups in total. The van der Waals surface area contributed by atoms with E-state index in [1.165, 1.54) is 0 Å². The van der Waals surface area contributed by atoms with Crippen molar-refractivity contribution in [1.29, 1.82) is 0 Å². The molecule has 0 bridgehead atoms. The lowest BCUT2D eigenvalue weighted by molar-refractivity contribution is 0.102. The Morgan fingerprint density at radius 1 is 1.15 bits per heavy atom. The number of halogens is 1. The molecule has 0 unspecified atom stereocenters. The van der Waals surface area contributed by atoms with Gasteiger partial charge in [-0.25, -0.2) is 0 Å². The largest absolute Gasteiger partial charge is 0.496 e. The summed E-state index contributed by atoms with van der Waals surface area (Å²) in [6, 6.07) is 11.4. The van der Waals surface area contributed by atoms with Crippen LogP contribution in [0.25, 0.3) is 0 Å². The summed E-state index contributed by atoms with van der Waals surface area (Å²) in [4.78, 5) is 12.4. The second-order valence-electron chi connectivity index (χ2n) is 4.62. The molecule has 0 radical (unpaired) electrons. The second kappa shape index (κ2) is 6.09. The lowest BCUT2D eigenvalue weighted by Crippen LogP contribution is -2.13. The molecule has 2 aromatic carbocycles. The summed E-state index contributed by atoms with van der Waals surface area (Å²) in [5, 5.41) is 2.87. The zero-order chi connectivity index (χ0) is 14.7. The minimum Gasteiger partial charge on any atom is -0.496 e. The van der Waals surface area contributed by atoms with Crippen molar-refractivity contribution in [3.8, 4) is 5.75 Å². The molecule has 0 saturated heterocycles. The van der Waals surface area contributed by atoms with E-state index >= 15 is 0 Å². The van der Waals surface area contributed by atoms with E-state index in [0.29, 0.717) is 11.3 Å². The van der Waals surface area contributed by atoms with Crippen LogP contribution in [0.5, 0.6) is 5.75 Å². The average molecular weight is 334 g/mol. The number of hydrogen-bond acceptors (Lipinski definition) is 2. The fraction of sp³-hybridized carbons (Fsp3) is 0.188. The number of hydrogen-bond donors (Lipinski definition) is 1. The molecular weight excluding hydrogens is 318 g/mol. The van der Waals surface area contributed by atoms with Crippen LogP contribution < -0.4 is 10.1 Å². The van der Waals surface area contributed by atoms with E-state index < -0.39 is 0 Å². The minimum atomic E-state index is -0.185. The van der Waals surface area contributed by atoms with Crippen LogP contribution in [-0.2, 0) is 0 Å². The van der Waals surface area contributed by atoms with Crippen molar-refractivity contribution >= 4 is 27.5 Å². The van der Waals surface area contributed by atoms with Crippen LogP contribution in [0, 0.1) is 13.8 Å². The zero-order valence-corrected chi connectivity index (χ0v) is 13.2. The third-order valence-electron chi connectivity index (χ3n) is 3.00. The van der Waals surface area contributed by atoms with Gasteiger partial charge in [0.15, 0.2) is 0 Å². The van der Waals surface area contributed by atoms with E-state index in [1.54, 1.807) is 13.2 Å². The first-order chi connectivity index (χ1) is 9.51. The highest BCUT2D eigenvalue weighted by Gasteiger charge is 2.15. The number of methoxy groups -OCH3 is 1. The molecule has 0 spiro atoms. The Morgan fingerprint density at radius 2 is 1.80 bits per heavy atom. The molecule has 0 aliphatic rings. The fourth-order valence-electron chi connectivity index (χ4n) is 2.00. The van der Waals surface area contributed by atoms with E-state index in [1.807, 2.05) is 44.2 Å². The Balaban J connectivity index is 2.31. The van der Waals surface area contributed by atoms with Gasteiger partial charge in [0.1, 0.15) is 5.75 Å². The van der Waals surface area contributed by atoms with Gasteiger partial charge in [0.25, 0.3) is 5.91 Å². The first-order valence-electron chi connectivity index (χ1n) is 6.23. The summed E-state index contributed by atoms with van der Waals surface area (Å²) in [5.41, 5.74) is 3.34. The molecule has 2 rings (SSSR count). The van der Waals surface area contributed by atoms with Crippen molar-refractivity contribution in [1.82, 2.24) is 0 Å². The number of amides is 1. The van der Waals surface area contributed by atoms with Crippen molar-refractivity contribution in [2.24, 2.45) is 0 Å². The van der Waals surface area contributed by atoms with E-state index in [-0.39, 0.29) is 5.91 Å². The molecule has 0 heterocycles. The summed E-state index contributed by atoms with van der Waals surface area (Å²) in [6.45, 7) is 3.92. The number of benzene rings is 2. The first kappa shape index (κ1) is 14.6. The van der Waals surface area contributed by atoms with E-state index in [2.05, 4.69) is 21.2 Å². The maximum Gasteiger partial charge on any atom is 0.259 e. The van der Waals surface area contributed by atoms with Gasteiger partial charge in [-0.05, 0) is 43.7 Å². The fourth-order valence-corrected chi connectivity index (χ4v) is 2.58. The molecule has 2 aromatic rings. The van der Waals surface area contributed by atoms with Gasteiger partial charge in [0.05, 0.1) is 12.7 Å². The molecule has 0 atom stereocenters. The maximum atomic E-state index is 12.4. The monoisotopic (exact) mass is 333 g/mol. The van der Waals surface area contributed by atoms with Gasteiger partial charge in [0, 0.05) is 10.2 Å². The van der Waals surface area contributed by atoms with E-state index in [9.17, 15) is 4.79 Å². The van der Waals surface area contributed by atoms with Crippen LogP contribution in [0.15, 0.2) is 40.9 Å². The van der Waals surface area contributed by atoms with E-state index in [4.69, 9.17) is 4.74 Å². The SMILES string of the molecule is COc1c(C)cc(Br)cc1C(=O)Nc1ccc(C)cc1. The van der Waals surface area contributed by atoms with Gasteiger partial charge in [-0.15, -0.1) is 0 Å². The van der Waals surface area contributed by atoms with Gasteiger partial charge in [-0.3, -0.25) is 4.79 Å². The van der Waals surface area contributed by atoms with Gasteiger partial charge in [0.2, 0.25) is 0 Å². The molecule has 4 heteroatoms. The third-order valence-corrected chi connectivity index (χ3v) is 3.46. The van der Waals surface area contributed by atoms with Crippen LogP contribution >= 0.6 is 15.9 Å². The van der Waals surface area contributed by atoms with Crippen LogP contribution in [0.2, 0.25) is 0 Å². The predicted octanol–water partition coefficient (Wildman–Crippen LogP) is 4.33. The van der Waals surface area contributed by atoms with Crippen LogP contribution in [-0.4, -0.2) is 13.0 Å². The lowest BCUT2D eigenvalue weighted by Gasteiger charge is -2.12. The highest BCUT2D eigenvalue weighted by Crippen LogP contribution is 2.28. The molecular formula is C16H16BrNO2. The Bertz CT molecular complexity index is 636. The van der Waals surface area contributed by atoms with E-state index in [0.717, 1.165) is 21.3 Å². The Hall–Kier alpha value is -1.81. The minimum absolute atomic E-state index is 0.185. The van der Waals surface area contributed by atoms with Crippen LogP contribution in [0.4, 0.5) is 5.69 Å². The molecule has 0 saturated carbocycles. The van der Waals surface area contributed by atoms with Crippen molar-refractivity contribution in [2.45, 2.75) is 13.8 Å². The summed E-state index contributed by atoms with van der Waals surface area (Å²) in [6.07, 6.45) is 0. The molecule has 0 aliphatic carbocycles. The quantitative estimate of drug-likeness (QED) is 0.907. The Labute approximate surface area is 127 Å². The van der Waals surface area contributed by atoms with Crippen molar-refractivity contribution in [3.63, 3.8) is 0 Å². The maximum absolute atomic E-state index is 12.4. The van der Waals surface area contributed by atoms with Gasteiger partial charge < -0.3 is 10.1 Å². The van der Waals surface area contributed by atoms with Gasteiger partial charge in [-0.1, -0.05) is 33.6 Å². The topological polar surface area (TPSA) is 38.3 Å². The predicted molar refractivity (Wildman–Crippen MR) is 84.6 cm³/mol. The second-order valence-corrected chi connectivity index (χ2v) is 5.54. The molecule has 0 aromatic heterocycles. The number of carbonyl (C=O) groups excluding carboxylic acids is 1. The molecule has 1 amide bonds. The molecule has 20 heavy (non-hydrogen) atoms. The number of nitrogens with one attached hydrogen (secondary N) is 1. The number of carbonyl (C=O) groups is 1. The average Bonchev–Trinajstić information content (AvgIpc) is 2.40. The Morgan fingerprint density at radius 3 is 2.40 bits per heavy atom. The molecule has 0 fully saturated rings. The number of anilines is 1. The smallest absolute Gasteiger partial charge is 0.259 e. The Kier molecular flexibility index (Phi) is 4.45. The highest BCUT2D eigenvalue weighted by molar-refractivity contribution is 9.10. The number of rotatable bonds is 3. The van der Waals surface area contributed by atoms with Crippen molar-refractivity contribution < 1.29 is 9.53 Å². The third kappa shape index (κ3) is 3.20. The summed E-state index contributed by atoms with van der Waals surface area (Å²) < 4.78 is 6.18. The zero-order valence-electron chi connectivity index (χ0n) is 11.7. The number of aryl methyl sites for hydroxylation is 2. The van der Waals surface area contributed by atoms with Gasteiger partial charge >= 0.3 is 0 Å². The summed E-state index contributed by atoms with van der Waals surface area (Å²) in [7, 11) is 1.57. The normalized spacial score (nSPS) is 10.2. The standard InChI is InChI=1S/C16H16BrNO2/c1-10-4-6-13(7-5-10)18-16(19)14-9-12(17)8-11(2)15(14)20-3/h4-9H,1-3H3,(H,18,19). The van der Waals surface area contributed by atoms with Crippen LogP contribution in [0.3, 0.4) is 0 Å². The lowest BCUT2D eigenvalue weighted by atomic mass is 10.1. The number of ether oxygens (including phenoxy) is 1. The summed E-state index contributed by atoms with van der Waals surface area (Å²) in [5.74, 6) is 0.410. The summed E-state index contributed by atoms with van der Waals surface area (Å²) >= 11 is 3.40. The van der Waals surface area contributed by atoms with Gasteiger partial charge in [-0.2, -0.15) is 0 Å². The first-order valence-corrected chi connectivity index (χ1v) is 7.02. The molecule has 104 valence electrons. The van der Waals surface area contributed by atoms with Crippen molar-refractivity contribution in [3.05, 3.63) is 57.6 Å². The van der Waals surface area contributed by atoms with Crippen molar-refractivity contribution in [2.75, 3.05) is 12.4 Å².